The minimum atomic E-state index is -4.49. The van der Waals surface area contributed by atoms with Gasteiger partial charge in [0.25, 0.3) is 0 Å². The Morgan fingerprint density at radius 3 is 2.30 bits per heavy atom. The second kappa shape index (κ2) is 6.24. The van der Waals surface area contributed by atoms with Crippen LogP contribution in [0.4, 0.5) is 18.9 Å². The second-order valence-corrected chi connectivity index (χ2v) is 4.55. The van der Waals surface area contributed by atoms with Gasteiger partial charge in [-0.25, -0.2) is 4.68 Å². The lowest BCUT2D eigenvalue weighted by atomic mass is 10.2. The van der Waals surface area contributed by atoms with Crippen molar-refractivity contribution in [2.45, 2.75) is 13.1 Å². The van der Waals surface area contributed by atoms with E-state index in [4.69, 9.17) is 10.5 Å². The van der Waals surface area contributed by atoms with Gasteiger partial charge in [-0.3, -0.25) is 0 Å². The third-order valence-electron chi connectivity index (χ3n) is 2.91. The van der Waals surface area contributed by atoms with Crippen molar-refractivity contribution in [3.05, 3.63) is 53.5 Å². The van der Waals surface area contributed by atoms with E-state index < -0.39 is 11.9 Å². The summed E-state index contributed by atoms with van der Waals surface area (Å²) in [7, 11) is 0. The average Bonchev–Trinajstić information content (AvgIpc) is 2.91. The molecule has 1 aromatic heterocycles. The van der Waals surface area contributed by atoms with Crippen LogP contribution in [0.3, 0.4) is 0 Å². The summed E-state index contributed by atoms with van der Waals surface area (Å²) in [4.78, 5) is 0. The first-order chi connectivity index (χ1) is 10.8. The smallest absolute Gasteiger partial charge is 0.360 e. The molecule has 0 fully saturated rings. The van der Waals surface area contributed by atoms with Crippen LogP contribution in [0.2, 0.25) is 0 Å². The molecule has 116 valence electrons. The Kier molecular flexibility index (Phi) is 4.37. The monoisotopic (exact) mass is 317 g/mol. The largest absolute Gasteiger partial charge is 0.435 e. The highest BCUT2D eigenvalue weighted by molar-refractivity contribution is 5.52. The standard InChI is InChI=1S/C15H10F3N5/c1-10-6-14(15(16,17)18)22-23(10)13-4-2-12(3-5-13)21-9-11(7-19)8-20/h2-6,9,21H,1H3. The van der Waals surface area contributed by atoms with Crippen molar-refractivity contribution in [3.63, 3.8) is 0 Å². The molecule has 0 amide bonds. The molecule has 1 aromatic carbocycles. The summed E-state index contributed by atoms with van der Waals surface area (Å²) in [6.45, 7) is 1.53. The van der Waals surface area contributed by atoms with Crippen molar-refractivity contribution in [1.82, 2.24) is 9.78 Å². The molecular formula is C15H10F3N5. The molecule has 0 saturated heterocycles. The summed E-state index contributed by atoms with van der Waals surface area (Å²) in [6.07, 6.45) is -3.25. The third kappa shape index (κ3) is 3.69. The predicted octanol–water partition coefficient (Wildman–Crippen LogP) is 3.54. The van der Waals surface area contributed by atoms with Gasteiger partial charge in [0.2, 0.25) is 0 Å². The Balaban J connectivity index is 2.24. The summed E-state index contributed by atoms with van der Waals surface area (Å²) < 4.78 is 39.2. The molecular weight excluding hydrogens is 307 g/mol. The average molecular weight is 317 g/mol. The quantitative estimate of drug-likeness (QED) is 0.878. The summed E-state index contributed by atoms with van der Waals surface area (Å²) in [6, 6.07) is 10.7. The Morgan fingerprint density at radius 2 is 1.83 bits per heavy atom. The second-order valence-electron chi connectivity index (χ2n) is 4.55. The Labute approximate surface area is 129 Å². The summed E-state index contributed by atoms with van der Waals surface area (Å²) in [5.74, 6) is 0. The van der Waals surface area contributed by atoms with Crippen LogP contribution in [0.25, 0.3) is 5.69 Å². The van der Waals surface area contributed by atoms with Gasteiger partial charge in [0.1, 0.15) is 17.7 Å². The van der Waals surface area contributed by atoms with E-state index in [0.29, 0.717) is 17.1 Å². The van der Waals surface area contributed by atoms with Crippen LogP contribution in [0.5, 0.6) is 0 Å². The molecule has 0 unspecified atom stereocenters. The maximum absolute atomic E-state index is 12.7. The number of hydrogen-bond acceptors (Lipinski definition) is 4. The molecule has 0 aliphatic heterocycles. The van der Waals surface area contributed by atoms with Crippen molar-refractivity contribution in [2.75, 3.05) is 5.32 Å². The van der Waals surface area contributed by atoms with Gasteiger partial charge >= 0.3 is 6.18 Å². The number of halogens is 3. The zero-order valence-electron chi connectivity index (χ0n) is 11.9. The zero-order chi connectivity index (χ0) is 17.0. The van der Waals surface area contributed by atoms with Gasteiger partial charge in [0, 0.05) is 17.6 Å². The highest BCUT2D eigenvalue weighted by Crippen LogP contribution is 2.29. The number of alkyl halides is 3. The van der Waals surface area contributed by atoms with Crippen LogP contribution >= 0.6 is 0 Å². The van der Waals surface area contributed by atoms with E-state index >= 15 is 0 Å². The lowest BCUT2D eigenvalue weighted by Gasteiger charge is -2.06. The number of benzene rings is 1. The zero-order valence-corrected chi connectivity index (χ0v) is 11.9. The lowest BCUT2D eigenvalue weighted by molar-refractivity contribution is -0.141. The highest BCUT2D eigenvalue weighted by atomic mass is 19.4. The molecule has 1 N–H and O–H groups in total. The van der Waals surface area contributed by atoms with Gasteiger partial charge in [-0.2, -0.15) is 28.8 Å². The van der Waals surface area contributed by atoms with Crippen LogP contribution in [-0.2, 0) is 6.18 Å². The van der Waals surface area contributed by atoms with E-state index in [1.54, 1.807) is 36.4 Å². The van der Waals surface area contributed by atoms with E-state index in [9.17, 15) is 13.2 Å². The fourth-order valence-corrected chi connectivity index (χ4v) is 1.82. The number of rotatable bonds is 3. The maximum Gasteiger partial charge on any atom is 0.435 e. The molecule has 0 spiro atoms. The Morgan fingerprint density at radius 1 is 1.22 bits per heavy atom. The minimum Gasteiger partial charge on any atom is -0.360 e. The molecule has 5 nitrogen and oxygen atoms in total. The van der Waals surface area contributed by atoms with Crippen LogP contribution in [0.15, 0.2) is 42.1 Å². The topological polar surface area (TPSA) is 77.4 Å². The van der Waals surface area contributed by atoms with Crippen molar-refractivity contribution in [2.24, 2.45) is 0 Å². The van der Waals surface area contributed by atoms with Gasteiger partial charge in [0.15, 0.2) is 5.69 Å². The number of anilines is 1. The summed E-state index contributed by atoms with van der Waals surface area (Å²) in [5.41, 5.74) is 0.361. The van der Waals surface area contributed by atoms with Gasteiger partial charge in [0.05, 0.1) is 5.69 Å². The number of hydrogen-bond donors (Lipinski definition) is 1. The van der Waals surface area contributed by atoms with Gasteiger partial charge in [-0.1, -0.05) is 0 Å². The van der Waals surface area contributed by atoms with Crippen molar-refractivity contribution >= 4 is 5.69 Å². The summed E-state index contributed by atoms with van der Waals surface area (Å²) >= 11 is 0. The van der Waals surface area contributed by atoms with Crippen molar-refractivity contribution in [3.8, 4) is 17.8 Å². The van der Waals surface area contributed by atoms with Crippen LogP contribution < -0.4 is 5.32 Å². The molecule has 0 saturated carbocycles. The van der Waals surface area contributed by atoms with E-state index in [1.165, 1.54) is 17.8 Å². The van der Waals surface area contributed by atoms with Crippen LogP contribution in [-0.4, -0.2) is 9.78 Å². The van der Waals surface area contributed by atoms with E-state index in [2.05, 4.69) is 10.4 Å². The Hall–Kier alpha value is -3.26. The molecule has 0 aliphatic carbocycles. The number of nitrogens with zero attached hydrogens (tertiary/aromatic N) is 4. The molecule has 0 atom stereocenters. The fraction of sp³-hybridized carbons (Fsp3) is 0.133. The molecule has 2 rings (SSSR count). The van der Waals surface area contributed by atoms with Crippen molar-refractivity contribution < 1.29 is 13.2 Å². The van der Waals surface area contributed by atoms with E-state index in [0.717, 1.165) is 6.07 Å². The van der Waals surface area contributed by atoms with Gasteiger partial charge in [-0.05, 0) is 37.3 Å². The lowest BCUT2D eigenvalue weighted by Crippen LogP contribution is -2.07. The first-order valence-electron chi connectivity index (χ1n) is 6.36. The van der Waals surface area contributed by atoms with Crippen LogP contribution in [0.1, 0.15) is 11.4 Å². The summed E-state index contributed by atoms with van der Waals surface area (Å²) in [5, 5.41) is 23.5. The van der Waals surface area contributed by atoms with E-state index in [-0.39, 0.29) is 5.57 Å². The SMILES string of the molecule is Cc1cc(C(F)(F)F)nn1-c1ccc(NC=C(C#N)C#N)cc1. The molecule has 0 radical (unpaired) electrons. The minimum absolute atomic E-state index is 0.0909. The Bertz CT molecular complexity index is 801. The number of allylic oxidation sites excluding steroid dienone is 1. The molecule has 0 bridgehead atoms. The van der Waals surface area contributed by atoms with Gasteiger partial charge in [-0.15, -0.1) is 0 Å². The molecule has 1 heterocycles. The first-order valence-corrected chi connectivity index (χ1v) is 6.36. The highest BCUT2D eigenvalue weighted by Gasteiger charge is 2.34. The van der Waals surface area contributed by atoms with E-state index in [1.807, 2.05) is 0 Å². The number of aromatic nitrogens is 2. The normalized spacial score (nSPS) is 10.5. The maximum atomic E-state index is 12.7. The first kappa shape index (κ1) is 16.1. The third-order valence-corrected chi connectivity index (χ3v) is 2.91. The molecule has 23 heavy (non-hydrogen) atoms. The molecule has 8 heteroatoms. The number of aryl methyl sites for hydroxylation is 1. The predicted molar refractivity (Wildman–Crippen MR) is 76.2 cm³/mol. The van der Waals surface area contributed by atoms with Crippen molar-refractivity contribution in [1.29, 1.82) is 10.5 Å². The van der Waals surface area contributed by atoms with Crippen LogP contribution in [0, 0.1) is 29.6 Å². The fourth-order valence-electron chi connectivity index (χ4n) is 1.82. The number of nitrogens with one attached hydrogen (secondary N) is 1. The van der Waals surface area contributed by atoms with Gasteiger partial charge < -0.3 is 5.32 Å². The number of nitriles is 2. The molecule has 2 aromatic rings. The molecule has 0 aliphatic rings.